The molecule has 0 saturated heterocycles. The Labute approximate surface area is 188 Å². The van der Waals surface area contributed by atoms with Crippen LogP contribution < -0.4 is 10.2 Å². The number of fused-ring (bicyclic) bond motifs is 1. The normalized spacial score (nSPS) is 16.6. The first-order valence-corrected chi connectivity index (χ1v) is 10.7. The molecule has 6 nitrogen and oxygen atoms in total. The van der Waals surface area contributed by atoms with Crippen LogP contribution in [0.3, 0.4) is 0 Å². The fraction of sp³-hybridized carbons (Fsp3) is 0.231. The fourth-order valence-electron chi connectivity index (χ4n) is 3.95. The van der Waals surface area contributed by atoms with Gasteiger partial charge in [-0.15, -0.1) is 0 Å². The highest BCUT2D eigenvalue weighted by molar-refractivity contribution is 5.99. The molecule has 3 aromatic rings. The molecule has 1 aliphatic heterocycles. The SMILES string of the molecule is Cc1cccc(NC(=O)N2CCC(O)c3ccccc3N(Cc3ccccc3)C(=O)C2)c1. The molecule has 1 unspecified atom stereocenters. The van der Waals surface area contributed by atoms with Crippen molar-refractivity contribution in [3.63, 3.8) is 0 Å². The minimum Gasteiger partial charge on any atom is -0.388 e. The van der Waals surface area contributed by atoms with E-state index in [0.717, 1.165) is 11.1 Å². The molecular formula is C26H27N3O3. The Morgan fingerprint density at radius 1 is 1.03 bits per heavy atom. The van der Waals surface area contributed by atoms with Gasteiger partial charge in [0.05, 0.1) is 12.6 Å². The topological polar surface area (TPSA) is 72.9 Å². The second-order valence-corrected chi connectivity index (χ2v) is 8.05. The Kier molecular flexibility index (Phi) is 6.52. The van der Waals surface area contributed by atoms with Crippen LogP contribution in [0.5, 0.6) is 0 Å². The van der Waals surface area contributed by atoms with Crippen LogP contribution in [0.2, 0.25) is 0 Å². The number of hydrogen-bond donors (Lipinski definition) is 2. The van der Waals surface area contributed by atoms with Crippen LogP contribution in [0.4, 0.5) is 16.2 Å². The fourth-order valence-corrected chi connectivity index (χ4v) is 3.95. The molecule has 0 bridgehead atoms. The van der Waals surface area contributed by atoms with Gasteiger partial charge in [0.1, 0.15) is 6.54 Å². The lowest BCUT2D eigenvalue weighted by atomic mass is 10.0. The standard InChI is InChI=1S/C26H27N3O3/c1-19-8-7-11-21(16-19)27-26(32)28-15-14-24(30)22-12-5-6-13-23(22)29(25(31)18-28)17-20-9-3-2-4-10-20/h2-13,16,24,30H,14-15,17-18H2,1H3,(H,27,32). The van der Waals surface area contributed by atoms with Crippen molar-refractivity contribution < 1.29 is 14.7 Å². The molecule has 6 heteroatoms. The first-order chi connectivity index (χ1) is 15.5. The minimum absolute atomic E-state index is 0.0778. The Balaban J connectivity index is 1.63. The van der Waals surface area contributed by atoms with Crippen molar-refractivity contribution in [3.05, 3.63) is 95.6 Å². The van der Waals surface area contributed by atoms with Crippen molar-refractivity contribution in [2.24, 2.45) is 0 Å². The number of carbonyl (C=O) groups is 2. The Bertz CT molecular complexity index is 1100. The first-order valence-electron chi connectivity index (χ1n) is 10.7. The summed E-state index contributed by atoms with van der Waals surface area (Å²) in [6.07, 6.45) is -0.449. The summed E-state index contributed by atoms with van der Waals surface area (Å²) in [4.78, 5) is 29.6. The summed E-state index contributed by atoms with van der Waals surface area (Å²) < 4.78 is 0. The van der Waals surface area contributed by atoms with E-state index in [2.05, 4.69) is 5.32 Å². The first kappa shape index (κ1) is 21.6. The molecule has 3 aromatic carbocycles. The summed E-state index contributed by atoms with van der Waals surface area (Å²) in [6.45, 7) is 2.49. The zero-order valence-electron chi connectivity index (χ0n) is 18.1. The number of amides is 3. The largest absolute Gasteiger partial charge is 0.388 e. The molecule has 0 radical (unpaired) electrons. The quantitative estimate of drug-likeness (QED) is 0.644. The monoisotopic (exact) mass is 429 g/mol. The Hall–Kier alpha value is -3.64. The lowest BCUT2D eigenvalue weighted by Gasteiger charge is -2.27. The molecule has 1 atom stereocenters. The third-order valence-corrected chi connectivity index (χ3v) is 5.63. The Morgan fingerprint density at radius 2 is 1.78 bits per heavy atom. The van der Waals surface area contributed by atoms with Gasteiger partial charge in [0.15, 0.2) is 0 Å². The van der Waals surface area contributed by atoms with Crippen LogP contribution in [0, 0.1) is 6.92 Å². The molecule has 1 heterocycles. The number of para-hydroxylation sites is 1. The summed E-state index contributed by atoms with van der Waals surface area (Å²) in [5.74, 6) is -0.199. The van der Waals surface area contributed by atoms with Crippen LogP contribution in [0.25, 0.3) is 0 Å². The van der Waals surface area contributed by atoms with Crippen molar-refractivity contribution in [1.82, 2.24) is 4.90 Å². The average Bonchev–Trinajstić information content (AvgIpc) is 2.84. The second kappa shape index (κ2) is 9.66. The maximum atomic E-state index is 13.4. The van der Waals surface area contributed by atoms with E-state index in [1.165, 1.54) is 4.90 Å². The lowest BCUT2D eigenvalue weighted by Crippen LogP contribution is -2.44. The number of nitrogens with one attached hydrogen (secondary N) is 1. The van der Waals surface area contributed by atoms with Gasteiger partial charge in [-0.3, -0.25) is 4.79 Å². The number of nitrogens with zero attached hydrogens (tertiary/aromatic N) is 2. The third-order valence-electron chi connectivity index (χ3n) is 5.63. The van der Waals surface area contributed by atoms with E-state index in [1.54, 1.807) is 4.90 Å². The molecule has 0 saturated carbocycles. The van der Waals surface area contributed by atoms with Crippen LogP contribution in [0.15, 0.2) is 78.9 Å². The number of hydrogen-bond acceptors (Lipinski definition) is 3. The van der Waals surface area contributed by atoms with E-state index in [1.807, 2.05) is 85.8 Å². The van der Waals surface area contributed by atoms with Crippen LogP contribution >= 0.6 is 0 Å². The number of rotatable bonds is 3. The molecule has 2 N–H and O–H groups in total. The molecule has 4 rings (SSSR count). The number of urea groups is 1. The number of anilines is 2. The third kappa shape index (κ3) is 4.98. The summed E-state index contributed by atoms with van der Waals surface area (Å²) in [6, 6.07) is 24.3. The van der Waals surface area contributed by atoms with E-state index < -0.39 is 6.10 Å². The highest BCUT2D eigenvalue weighted by atomic mass is 16.3. The van der Waals surface area contributed by atoms with Gasteiger partial charge in [0.2, 0.25) is 5.91 Å². The lowest BCUT2D eigenvalue weighted by molar-refractivity contribution is -0.119. The average molecular weight is 430 g/mol. The van der Waals surface area contributed by atoms with E-state index in [0.29, 0.717) is 29.9 Å². The molecule has 0 spiro atoms. The number of carbonyl (C=O) groups excluding carboxylic acids is 2. The predicted octanol–water partition coefficient (Wildman–Crippen LogP) is 4.50. The second-order valence-electron chi connectivity index (χ2n) is 8.05. The zero-order valence-corrected chi connectivity index (χ0v) is 18.1. The van der Waals surface area contributed by atoms with Crippen molar-refractivity contribution in [2.45, 2.75) is 26.0 Å². The maximum Gasteiger partial charge on any atom is 0.322 e. The predicted molar refractivity (Wildman–Crippen MR) is 125 cm³/mol. The molecule has 32 heavy (non-hydrogen) atoms. The Morgan fingerprint density at radius 3 is 2.56 bits per heavy atom. The highest BCUT2D eigenvalue weighted by Crippen LogP contribution is 2.31. The van der Waals surface area contributed by atoms with E-state index in [-0.39, 0.29) is 25.0 Å². The molecule has 164 valence electrons. The van der Waals surface area contributed by atoms with Gasteiger partial charge < -0.3 is 20.2 Å². The van der Waals surface area contributed by atoms with E-state index >= 15 is 0 Å². The summed E-state index contributed by atoms with van der Waals surface area (Å²) in [7, 11) is 0. The number of aliphatic hydroxyl groups is 1. The van der Waals surface area contributed by atoms with Crippen molar-refractivity contribution in [1.29, 1.82) is 0 Å². The van der Waals surface area contributed by atoms with Gasteiger partial charge in [-0.25, -0.2) is 4.79 Å². The molecule has 0 fully saturated rings. The summed E-state index contributed by atoms with van der Waals surface area (Å²) in [5.41, 5.74) is 4.04. The van der Waals surface area contributed by atoms with Crippen molar-refractivity contribution >= 4 is 23.3 Å². The van der Waals surface area contributed by atoms with Crippen LogP contribution in [-0.4, -0.2) is 35.0 Å². The maximum absolute atomic E-state index is 13.4. The molecular weight excluding hydrogens is 402 g/mol. The van der Waals surface area contributed by atoms with Crippen molar-refractivity contribution in [3.8, 4) is 0 Å². The zero-order chi connectivity index (χ0) is 22.5. The molecule has 1 aliphatic rings. The van der Waals surface area contributed by atoms with Crippen LogP contribution in [-0.2, 0) is 11.3 Å². The van der Waals surface area contributed by atoms with Gasteiger partial charge in [0.25, 0.3) is 0 Å². The summed E-state index contributed by atoms with van der Waals surface area (Å²) >= 11 is 0. The minimum atomic E-state index is -0.787. The molecule has 0 aliphatic carbocycles. The highest BCUT2D eigenvalue weighted by Gasteiger charge is 2.28. The summed E-state index contributed by atoms with van der Waals surface area (Å²) in [5, 5.41) is 13.8. The van der Waals surface area contributed by atoms with Gasteiger partial charge >= 0.3 is 6.03 Å². The van der Waals surface area contributed by atoms with Gasteiger partial charge in [-0.2, -0.15) is 0 Å². The van der Waals surface area contributed by atoms with E-state index in [4.69, 9.17) is 0 Å². The molecule has 0 aromatic heterocycles. The van der Waals surface area contributed by atoms with Gasteiger partial charge in [-0.1, -0.05) is 60.7 Å². The van der Waals surface area contributed by atoms with Gasteiger partial charge in [-0.05, 0) is 42.7 Å². The van der Waals surface area contributed by atoms with Crippen LogP contribution in [0.1, 0.15) is 29.2 Å². The number of aliphatic hydroxyl groups excluding tert-OH is 1. The molecule has 3 amide bonds. The van der Waals surface area contributed by atoms with Crippen molar-refractivity contribution in [2.75, 3.05) is 23.3 Å². The van der Waals surface area contributed by atoms with Gasteiger partial charge in [0, 0.05) is 23.5 Å². The number of benzene rings is 3. The van der Waals surface area contributed by atoms with E-state index in [9.17, 15) is 14.7 Å². The smallest absolute Gasteiger partial charge is 0.322 e. The number of aryl methyl sites for hydroxylation is 1.